The SMILES string of the molecule is CN(CCCNC(=O)CSc1nnc(-c2ccc(F)cc2)n1N)c1ccccc1. The van der Waals surface area contributed by atoms with Crippen LogP contribution >= 0.6 is 11.8 Å². The van der Waals surface area contributed by atoms with E-state index < -0.39 is 0 Å². The van der Waals surface area contributed by atoms with Gasteiger partial charge in [0.25, 0.3) is 0 Å². The molecule has 0 radical (unpaired) electrons. The molecule has 3 N–H and O–H groups in total. The molecule has 1 aromatic heterocycles. The molecule has 0 atom stereocenters. The topological polar surface area (TPSA) is 89.1 Å². The second-order valence-corrected chi connectivity index (χ2v) is 7.37. The summed E-state index contributed by atoms with van der Waals surface area (Å²) in [5, 5.41) is 11.4. The Balaban J connectivity index is 1.41. The Labute approximate surface area is 173 Å². The van der Waals surface area contributed by atoms with Gasteiger partial charge in [0, 0.05) is 31.4 Å². The smallest absolute Gasteiger partial charge is 0.230 e. The van der Waals surface area contributed by atoms with Gasteiger partial charge in [0.15, 0.2) is 5.82 Å². The number of rotatable bonds is 9. The number of benzene rings is 2. The first-order chi connectivity index (χ1) is 14.0. The third kappa shape index (κ3) is 5.71. The molecule has 0 saturated heterocycles. The largest absolute Gasteiger partial charge is 0.375 e. The molecule has 152 valence electrons. The third-order valence-electron chi connectivity index (χ3n) is 4.29. The average Bonchev–Trinajstić information content (AvgIpc) is 3.11. The number of hydrogen-bond acceptors (Lipinski definition) is 6. The normalized spacial score (nSPS) is 10.7. The Hall–Kier alpha value is -3.07. The van der Waals surface area contributed by atoms with E-state index in [0.717, 1.165) is 18.7 Å². The van der Waals surface area contributed by atoms with Gasteiger partial charge in [0.2, 0.25) is 11.1 Å². The number of carbonyl (C=O) groups excluding carboxylic acids is 1. The predicted octanol–water partition coefficient (Wildman–Crippen LogP) is 2.53. The van der Waals surface area contributed by atoms with Crippen molar-refractivity contribution in [2.24, 2.45) is 0 Å². The fraction of sp³-hybridized carbons (Fsp3) is 0.250. The fourth-order valence-electron chi connectivity index (χ4n) is 2.71. The van der Waals surface area contributed by atoms with Crippen LogP contribution in [0.1, 0.15) is 6.42 Å². The molecule has 0 fully saturated rings. The lowest BCUT2D eigenvalue weighted by atomic mass is 10.2. The zero-order valence-electron chi connectivity index (χ0n) is 16.1. The Morgan fingerprint density at radius 1 is 1.17 bits per heavy atom. The van der Waals surface area contributed by atoms with E-state index in [-0.39, 0.29) is 17.5 Å². The van der Waals surface area contributed by atoms with Gasteiger partial charge in [-0.1, -0.05) is 30.0 Å². The number of nitrogens with one attached hydrogen (secondary N) is 1. The molecule has 3 aromatic rings. The number of nitrogen functional groups attached to an aromatic ring is 1. The summed E-state index contributed by atoms with van der Waals surface area (Å²) in [6.07, 6.45) is 0.837. The lowest BCUT2D eigenvalue weighted by Gasteiger charge is -2.19. The number of aromatic nitrogens is 3. The molecular formula is C20H23FN6OS. The highest BCUT2D eigenvalue weighted by Gasteiger charge is 2.13. The van der Waals surface area contributed by atoms with E-state index in [1.54, 1.807) is 12.1 Å². The fourth-order valence-corrected chi connectivity index (χ4v) is 3.39. The van der Waals surface area contributed by atoms with Crippen LogP contribution in [0.15, 0.2) is 59.8 Å². The lowest BCUT2D eigenvalue weighted by Crippen LogP contribution is -2.29. The number of thioether (sulfide) groups is 1. The molecule has 0 bridgehead atoms. The van der Waals surface area contributed by atoms with E-state index in [4.69, 9.17) is 5.84 Å². The zero-order valence-corrected chi connectivity index (χ0v) is 16.9. The number of hydrogen-bond donors (Lipinski definition) is 2. The molecule has 0 aliphatic heterocycles. The Morgan fingerprint density at radius 2 is 1.90 bits per heavy atom. The summed E-state index contributed by atoms with van der Waals surface area (Å²) < 4.78 is 14.4. The minimum atomic E-state index is -0.335. The third-order valence-corrected chi connectivity index (χ3v) is 5.23. The molecule has 1 heterocycles. The van der Waals surface area contributed by atoms with Gasteiger partial charge in [0.1, 0.15) is 5.82 Å². The Bertz CT molecular complexity index is 932. The van der Waals surface area contributed by atoms with E-state index >= 15 is 0 Å². The molecule has 29 heavy (non-hydrogen) atoms. The van der Waals surface area contributed by atoms with E-state index in [2.05, 4.69) is 32.5 Å². The molecule has 9 heteroatoms. The summed E-state index contributed by atoms with van der Waals surface area (Å²) in [4.78, 5) is 14.2. The summed E-state index contributed by atoms with van der Waals surface area (Å²) in [6, 6.07) is 15.9. The van der Waals surface area contributed by atoms with Gasteiger partial charge in [-0.25, -0.2) is 9.07 Å². The highest BCUT2D eigenvalue weighted by atomic mass is 32.2. The maximum atomic E-state index is 13.1. The highest BCUT2D eigenvalue weighted by molar-refractivity contribution is 7.99. The standard InChI is InChI=1S/C20H23FN6OS/c1-26(17-6-3-2-4-7-17)13-5-12-23-18(28)14-29-20-25-24-19(27(20)22)15-8-10-16(21)11-9-15/h2-4,6-11H,5,12-14,22H2,1H3,(H,23,28). The quantitative estimate of drug-likeness (QED) is 0.318. The van der Waals surface area contributed by atoms with Crippen LogP contribution in [0.3, 0.4) is 0 Å². The average molecular weight is 415 g/mol. The van der Waals surface area contributed by atoms with Crippen molar-refractivity contribution in [2.45, 2.75) is 11.6 Å². The number of nitrogens with two attached hydrogens (primary N) is 1. The van der Waals surface area contributed by atoms with Gasteiger partial charge in [-0.15, -0.1) is 10.2 Å². The monoisotopic (exact) mass is 414 g/mol. The second-order valence-electron chi connectivity index (χ2n) is 6.43. The minimum absolute atomic E-state index is 0.0938. The second kappa shape index (κ2) is 9.92. The number of amides is 1. The first-order valence-corrected chi connectivity index (χ1v) is 10.2. The van der Waals surface area contributed by atoms with Crippen LogP contribution < -0.4 is 16.1 Å². The molecule has 0 unspecified atom stereocenters. The van der Waals surface area contributed by atoms with Gasteiger partial charge in [-0.2, -0.15) is 0 Å². The number of nitrogens with zero attached hydrogens (tertiary/aromatic N) is 4. The highest BCUT2D eigenvalue weighted by Crippen LogP contribution is 2.21. The Kier molecular flexibility index (Phi) is 7.07. The van der Waals surface area contributed by atoms with Gasteiger partial charge in [0.05, 0.1) is 5.75 Å². The zero-order chi connectivity index (χ0) is 20.6. The molecule has 3 rings (SSSR count). The van der Waals surface area contributed by atoms with Crippen molar-refractivity contribution < 1.29 is 9.18 Å². The molecular weight excluding hydrogens is 391 g/mol. The summed E-state index contributed by atoms with van der Waals surface area (Å²) in [6.45, 7) is 1.43. The van der Waals surface area contributed by atoms with Crippen molar-refractivity contribution in [3.63, 3.8) is 0 Å². The Morgan fingerprint density at radius 3 is 2.62 bits per heavy atom. The number of carbonyl (C=O) groups is 1. The van der Waals surface area contributed by atoms with E-state index in [0.29, 0.717) is 23.1 Å². The molecule has 1 amide bonds. The van der Waals surface area contributed by atoms with Crippen molar-refractivity contribution in [1.82, 2.24) is 20.2 Å². The lowest BCUT2D eigenvalue weighted by molar-refractivity contribution is -0.118. The maximum Gasteiger partial charge on any atom is 0.230 e. The molecule has 0 saturated carbocycles. The van der Waals surface area contributed by atoms with Crippen molar-refractivity contribution in [1.29, 1.82) is 0 Å². The van der Waals surface area contributed by atoms with E-state index in [1.807, 2.05) is 25.2 Å². The molecule has 2 aromatic carbocycles. The first-order valence-electron chi connectivity index (χ1n) is 9.16. The molecule has 0 spiro atoms. The number of anilines is 1. The van der Waals surface area contributed by atoms with Gasteiger partial charge >= 0.3 is 0 Å². The predicted molar refractivity (Wildman–Crippen MR) is 114 cm³/mol. The van der Waals surface area contributed by atoms with Gasteiger partial charge in [-0.05, 0) is 42.8 Å². The maximum absolute atomic E-state index is 13.1. The summed E-state index contributed by atoms with van der Waals surface area (Å²) in [7, 11) is 2.03. The van der Waals surface area contributed by atoms with Gasteiger partial charge in [-0.3, -0.25) is 4.79 Å². The van der Waals surface area contributed by atoms with Crippen LogP contribution in [0.5, 0.6) is 0 Å². The summed E-state index contributed by atoms with van der Waals surface area (Å²) >= 11 is 1.20. The van der Waals surface area contributed by atoms with Crippen molar-refractivity contribution in [2.75, 3.05) is 36.6 Å². The van der Waals surface area contributed by atoms with Crippen molar-refractivity contribution in [3.05, 3.63) is 60.4 Å². The molecule has 0 aliphatic rings. The molecule has 0 aliphatic carbocycles. The van der Waals surface area contributed by atoms with E-state index in [9.17, 15) is 9.18 Å². The van der Waals surface area contributed by atoms with E-state index in [1.165, 1.54) is 28.6 Å². The number of para-hydroxylation sites is 1. The van der Waals surface area contributed by atoms with Crippen LogP contribution in [-0.4, -0.2) is 46.7 Å². The molecule has 7 nitrogen and oxygen atoms in total. The van der Waals surface area contributed by atoms with Crippen LogP contribution in [0.2, 0.25) is 0 Å². The van der Waals surface area contributed by atoms with Crippen LogP contribution in [0.4, 0.5) is 10.1 Å². The van der Waals surface area contributed by atoms with Crippen LogP contribution in [0.25, 0.3) is 11.4 Å². The minimum Gasteiger partial charge on any atom is -0.375 e. The van der Waals surface area contributed by atoms with Crippen LogP contribution in [-0.2, 0) is 4.79 Å². The van der Waals surface area contributed by atoms with Crippen molar-refractivity contribution in [3.8, 4) is 11.4 Å². The number of halogens is 1. The van der Waals surface area contributed by atoms with Crippen LogP contribution in [0, 0.1) is 5.82 Å². The first kappa shape index (κ1) is 20.7. The summed E-state index contributed by atoms with van der Waals surface area (Å²) in [5.74, 6) is 6.18. The van der Waals surface area contributed by atoms with Gasteiger partial charge < -0.3 is 16.1 Å². The van der Waals surface area contributed by atoms with Crippen molar-refractivity contribution >= 4 is 23.4 Å². The summed E-state index contributed by atoms with van der Waals surface area (Å²) in [5.41, 5.74) is 1.80.